The molecule has 0 saturated carbocycles. The zero-order valence-electron chi connectivity index (χ0n) is 10.7. The summed E-state index contributed by atoms with van der Waals surface area (Å²) in [7, 11) is 1.55. The maximum absolute atomic E-state index is 13.8. The van der Waals surface area contributed by atoms with Gasteiger partial charge in [-0.25, -0.2) is 14.4 Å². The van der Waals surface area contributed by atoms with Crippen LogP contribution in [0.15, 0.2) is 30.6 Å². The second-order valence-electron chi connectivity index (χ2n) is 4.25. The molecule has 0 aliphatic carbocycles. The average Bonchev–Trinajstić information content (AvgIpc) is 2.41. The Kier molecular flexibility index (Phi) is 4.47. The first kappa shape index (κ1) is 13.9. The molecule has 0 N–H and O–H groups in total. The molecular formula is C14H14BrFN2O. The Morgan fingerprint density at radius 3 is 2.84 bits per heavy atom. The summed E-state index contributed by atoms with van der Waals surface area (Å²) in [5.41, 5.74) is 2.47. The molecule has 1 atom stereocenters. The topological polar surface area (TPSA) is 35.0 Å². The standard InChI is InChI=1S/C14H14BrFN2O/c1-9-3-4-13(16)11(5-9)12(15)6-10-7-14(19-2)18-8-17-10/h3-5,7-8,12H,6H2,1-2H3. The molecule has 1 heterocycles. The van der Waals surface area contributed by atoms with Crippen LogP contribution < -0.4 is 4.74 Å². The van der Waals surface area contributed by atoms with Crippen molar-refractivity contribution < 1.29 is 9.13 Å². The van der Waals surface area contributed by atoms with Crippen LogP contribution in [0.1, 0.15) is 21.6 Å². The van der Waals surface area contributed by atoms with Crippen molar-refractivity contribution >= 4 is 15.9 Å². The predicted molar refractivity (Wildman–Crippen MR) is 75.1 cm³/mol. The summed E-state index contributed by atoms with van der Waals surface area (Å²) in [5.74, 6) is 0.294. The molecule has 3 nitrogen and oxygen atoms in total. The number of benzene rings is 1. The molecule has 0 aliphatic rings. The summed E-state index contributed by atoms with van der Waals surface area (Å²) in [6, 6.07) is 6.83. The molecule has 0 fully saturated rings. The van der Waals surface area contributed by atoms with Crippen LogP contribution in [0.4, 0.5) is 4.39 Å². The van der Waals surface area contributed by atoms with Crippen molar-refractivity contribution in [1.29, 1.82) is 0 Å². The molecule has 1 unspecified atom stereocenters. The van der Waals surface area contributed by atoms with E-state index in [2.05, 4.69) is 25.9 Å². The monoisotopic (exact) mass is 324 g/mol. The largest absolute Gasteiger partial charge is 0.481 e. The van der Waals surface area contributed by atoms with Gasteiger partial charge in [0.2, 0.25) is 5.88 Å². The molecule has 0 spiro atoms. The lowest BCUT2D eigenvalue weighted by Crippen LogP contribution is -2.02. The van der Waals surface area contributed by atoms with E-state index in [1.165, 1.54) is 12.4 Å². The van der Waals surface area contributed by atoms with Crippen LogP contribution in [-0.2, 0) is 6.42 Å². The number of alkyl halides is 1. The number of rotatable bonds is 4. The fourth-order valence-electron chi connectivity index (χ4n) is 1.80. The third-order valence-electron chi connectivity index (χ3n) is 2.79. The highest BCUT2D eigenvalue weighted by atomic mass is 79.9. The van der Waals surface area contributed by atoms with Gasteiger partial charge in [0.05, 0.1) is 7.11 Å². The Balaban J connectivity index is 2.20. The van der Waals surface area contributed by atoms with Crippen molar-refractivity contribution in [2.45, 2.75) is 18.2 Å². The summed E-state index contributed by atoms with van der Waals surface area (Å²) in [6.07, 6.45) is 2.01. The number of methoxy groups -OCH3 is 1. The van der Waals surface area contributed by atoms with Crippen molar-refractivity contribution in [1.82, 2.24) is 9.97 Å². The molecule has 0 bridgehead atoms. The van der Waals surface area contributed by atoms with Gasteiger partial charge in [-0.3, -0.25) is 0 Å². The average molecular weight is 325 g/mol. The third-order valence-corrected chi connectivity index (χ3v) is 3.60. The minimum Gasteiger partial charge on any atom is -0.481 e. The molecule has 0 radical (unpaired) electrons. The molecule has 100 valence electrons. The maximum Gasteiger partial charge on any atom is 0.216 e. The molecule has 0 amide bonds. The molecule has 0 saturated heterocycles. The molecule has 1 aromatic carbocycles. The van der Waals surface area contributed by atoms with Crippen molar-refractivity contribution in [2.24, 2.45) is 0 Å². The van der Waals surface area contributed by atoms with Crippen LogP contribution in [0.25, 0.3) is 0 Å². The van der Waals surface area contributed by atoms with Crippen LogP contribution in [0.2, 0.25) is 0 Å². The molecule has 5 heteroatoms. The molecule has 1 aromatic heterocycles. The van der Waals surface area contributed by atoms with Crippen molar-refractivity contribution in [3.05, 3.63) is 53.2 Å². The van der Waals surface area contributed by atoms with Crippen LogP contribution >= 0.6 is 15.9 Å². The predicted octanol–water partition coefficient (Wildman–Crippen LogP) is 3.61. The molecular weight excluding hydrogens is 311 g/mol. The number of halogens is 2. The molecule has 2 rings (SSSR count). The van der Waals surface area contributed by atoms with E-state index < -0.39 is 0 Å². The summed E-state index contributed by atoms with van der Waals surface area (Å²) in [4.78, 5) is 7.98. The van der Waals surface area contributed by atoms with Crippen LogP contribution in [0.5, 0.6) is 5.88 Å². The highest BCUT2D eigenvalue weighted by molar-refractivity contribution is 9.09. The van der Waals surface area contributed by atoms with Crippen LogP contribution in [0, 0.1) is 12.7 Å². The molecule has 2 aromatic rings. The normalized spacial score (nSPS) is 12.2. The van der Waals surface area contributed by atoms with Gasteiger partial charge in [0.25, 0.3) is 0 Å². The van der Waals surface area contributed by atoms with Crippen molar-refractivity contribution in [3.63, 3.8) is 0 Å². The van der Waals surface area contributed by atoms with Crippen molar-refractivity contribution in [3.8, 4) is 5.88 Å². The van der Waals surface area contributed by atoms with E-state index in [0.717, 1.165) is 11.3 Å². The van der Waals surface area contributed by atoms with Gasteiger partial charge in [-0.2, -0.15) is 0 Å². The lowest BCUT2D eigenvalue weighted by Gasteiger charge is -2.12. The Hall–Kier alpha value is -1.49. The van der Waals surface area contributed by atoms with Gasteiger partial charge in [-0.15, -0.1) is 0 Å². The first-order valence-corrected chi connectivity index (χ1v) is 6.76. The van der Waals surface area contributed by atoms with Gasteiger partial charge in [-0.1, -0.05) is 33.6 Å². The van der Waals surface area contributed by atoms with E-state index in [4.69, 9.17) is 4.74 Å². The maximum atomic E-state index is 13.8. The fourth-order valence-corrected chi connectivity index (χ4v) is 2.48. The zero-order valence-corrected chi connectivity index (χ0v) is 12.3. The quantitative estimate of drug-likeness (QED) is 0.806. The van der Waals surface area contributed by atoms with Crippen LogP contribution in [-0.4, -0.2) is 17.1 Å². The Bertz CT molecular complexity index is 577. The number of hydrogen-bond donors (Lipinski definition) is 0. The van der Waals surface area contributed by atoms with E-state index in [-0.39, 0.29) is 10.6 Å². The van der Waals surface area contributed by atoms with Gasteiger partial charge >= 0.3 is 0 Å². The number of aromatic nitrogens is 2. The summed E-state index contributed by atoms with van der Waals surface area (Å²) >= 11 is 3.51. The summed E-state index contributed by atoms with van der Waals surface area (Å²) in [5, 5.41) is 0. The SMILES string of the molecule is COc1cc(CC(Br)c2cc(C)ccc2F)ncn1. The van der Waals surface area contributed by atoms with E-state index in [1.807, 2.05) is 13.0 Å². The highest BCUT2D eigenvalue weighted by Gasteiger charge is 2.14. The summed E-state index contributed by atoms with van der Waals surface area (Å²) in [6.45, 7) is 1.94. The van der Waals surface area contributed by atoms with E-state index in [0.29, 0.717) is 17.9 Å². The minimum atomic E-state index is -0.214. The lowest BCUT2D eigenvalue weighted by molar-refractivity contribution is 0.396. The Morgan fingerprint density at radius 2 is 2.11 bits per heavy atom. The first-order valence-electron chi connectivity index (χ1n) is 5.85. The number of nitrogens with zero attached hydrogens (tertiary/aromatic N) is 2. The number of hydrogen-bond acceptors (Lipinski definition) is 3. The Morgan fingerprint density at radius 1 is 1.32 bits per heavy atom. The van der Waals surface area contributed by atoms with Gasteiger partial charge in [0.15, 0.2) is 0 Å². The third kappa shape index (κ3) is 3.50. The first-order chi connectivity index (χ1) is 9.10. The van der Waals surface area contributed by atoms with Gasteiger partial charge < -0.3 is 4.74 Å². The Labute approximate surface area is 120 Å². The summed E-state index contributed by atoms with van der Waals surface area (Å²) < 4.78 is 18.8. The van der Waals surface area contributed by atoms with E-state index >= 15 is 0 Å². The second kappa shape index (κ2) is 6.10. The van der Waals surface area contributed by atoms with Gasteiger partial charge in [0.1, 0.15) is 12.1 Å². The fraction of sp³-hybridized carbons (Fsp3) is 0.286. The smallest absolute Gasteiger partial charge is 0.216 e. The second-order valence-corrected chi connectivity index (χ2v) is 5.35. The van der Waals surface area contributed by atoms with Crippen LogP contribution in [0.3, 0.4) is 0 Å². The zero-order chi connectivity index (χ0) is 13.8. The minimum absolute atomic E-state index is 0.132. The highest BCUT2D eigenvalue weighted by Crippen LogP contribution is 2.29. The van der Waals surface area contributed by atoms with E-state index in [9.17, 15) is 4.39 Å². The van der Waals surface area contributed by atoms with Gasteiger partial charge in [0, 0.05) is 28.6 Å². The van der Waals surface area contributed by atoms with Gasteiger partial charge in [-0.05, 0) is 13.0 Å². The number of ether oxygens (including phenoxy) is 1. The van der Waals surface area contributed by atoms with E-state index in [1.54, 1.807) is 19.2 Å². The lowest BCUT2D eigenvalue weighted by atomic mass is 10.0. The number of aryl methyl sites for hydroxylation is 1. The molecule has 0 aliphatic heterocycles. The van der Waals surface area contributed by atoms with Crippen molar-refractivity contribution in [2.75, 3.05) is 7.11 Å². The molecule has 19 heavy (non-hydrogen) atoms.